The van der Waals surface area contributed by atoms with Crippen molar-refractivity contribution in [1.82, 2.24) is 15.6 Å². The fourth-order valence-corrected chi connectivity index (χ4v) is 3.09. The molecular weight excluding hydrogens is 326 g/mol. The Bertz CT molecular complexity index is 791. The van der Waals surface area contributed by atoms with E-state index in [2.05, 4.69) is 39.9 Å². The zero-order valence-electron chi connectivity index (χ0n) is 15.0. The average molecular weight is 349 g/mol. The second-order valence-corrected chi connectivity index (χ2v) is 6.27. The van der Waals surface area contributed by atoms with Gasteiger partial charge in [-0.25, -0.2) is 9.78 Å². The van der Waals surface area contributed by atoms with E-state index in [4.69, 9.17) is 4.42 Å². The van der Waals surface area contributed by atoms with E-state index >= 15 is 0 Å². The highest BCUT2D eigenvalue weighted by Crippen LogP contribution is 2.27. The van der Waals surface area contributed by atoms with Crippen LogP contribution in [0, 0.1) is 6.92 Å². The van der Waals surface area contributed by atoms with Gasteiger partial charge in [0.25, 0.3) is 0 Å². The first-order valence-corrected chi connectivity index (χ1v) is 8.68. The molecule has 2 aromatic carbocycles. The van der Waals surface area contributed by atoms with Crippen LogP contribution in [0.2, 0.25) is 0 Å². The van der Waals surface area contributed by atoms with Crippen LogP contribution in [0.15, 0.2) is 71.5 Å². The van der Waals surface area contributed by atoms with Crippen molar-refractivity contribution >= 4 is 6.03 Å². The van der Waals surface area contributed by atoms with Crippen LogP contribution in [0.4, 0.5) is 4.79 Å². The summed E-state index contributed by atoms with van der Waals surface area (Å²) >= 11 is 0. The minimum absolute atomic E-state index is 0.0666. The lowest BCUT2D eigenvalue weighted by molar-refractivity contribution is 0.236. The predicted octanol–water partition coefficient (Wildman–Crippen LogP) is 4.00. The van der Waals surface area contributed by atoms with E-state index in [1.807, 2.05) is 50.2 Å². The molecule has 0 unspecified atom stereocenters. The number of oxazole rings is 1. The number of amides is 2. The summed E-state index contributed by atoms with van der Waals surface area (Å²) in [5.74, 6) is 0.779. The lowest BCUT2D eigenvalue weighted by Gasteiger charge is -2.26. The molecule has 0 saturated carbocycles. The third kappa shape index (κ3) is 4.30. The van der Waals surface area contributed by atoms with Crippen molar-refractivity contribution in [3.05, 3.63) is 89.6 Å². The molecule has 0 spiro atoms. The Morgan fingerprint density at radius 3 is 2.12 bits per heavy atom. The maximum atomic E-state index is 12.3. The van der Waals surface area contributed by atoms with Gasteiger partial charge in [0.05, 0.1) is 6.54 Å². The zero-order valence-corrected chi connectivity index (χ0v) is 15.0. The molecule has 1 aromatic heterocycles. The van der Waals surface area contributed by atoms with Crippen LogP contribution in [0.1, 0.15) is 35.4 Å². The van der Waals surface area contributed by atoms with Crippen molar-refractivity contribution in [2.75, 3.05) is 0 Å². The summed E-state index contributed by atoms with van der Waals surface area (Å²) < 4.78 is 5.15. The summed E-state index contributed by atoms with van der Waals surface area (Å²) in [6, 6.07) is 20.1. The van der Waals surface area contributed by atoms with E-state index in [0.29, 0.717) is 12.3 Å². The van der Waals surface area contributed by atoms with Gasteiger partial charge in [0, 0.05) is 12.0 Å². The summed E-state index contributed by atoms with van der Waals surface area (Å²) in [4.78, 5) is 16.4. The molecule has 0 radical (unpaired) electrons. The van der Waals surface area contributed by atoms with E-state index < -0.39 is 0 Å². The monoisotopic (exact) mass is 349 g/mol. The number of aromatic nitrogens is 1. The quantitative estimate of drug-likeness (QED) is 0.707. The Labute approximate surface area is 153 Å². The maximum absolute atomic E-state index is 12.3. The van der Waals surface area contributed by atoms with Gasteiger partial charge >= 0.3 is 6.03 Å². The lowest BCUT2D eigenvalue weighted by atomic mass is 9.86. The molecular formula is C21H23N3O2. The van der Waals surface area contributed by atoms with Gasteiger partial charge in [0.2, 0.25) is 0 Å². The molecule has 0 aliphatic heterocycles. The fraction of sp³-hybridized carbons (Fsp3) is 0.238. The highest BCUT2D eigenvalue weighted by atomic mass is 16.3. The average Bonchev–Trinajstić information content (AvgIpc) is 3.07. The van der Waals surface area contributed by atoms with Crippen LogP contribution in [0.5, 0.6) is 0 Å². The third-order valence-electron chi connectivity index (χ3n) is 4.44. The Hall–Kier alpha value is -3.08. The largest absolute Gasteiger partial charge is 0.448 e. The van der Waals surface area contributed by atoms with Crippen molar-refractivity contribution in [2.45, 2.75) is 32.4 Å². The SMILES string of the molecule is Cc1ocnc1CNC(=O)N[C@@H](C)C(c1ccccc1)c1ccccc1. The molecule has 0 fully saturated rings. The summed E-state index contributed by atoms with van der Waals surface area (Å²) in [6.07, 6.45) is 1.38. The molecule has 1 atom stereocenters. The van der Waals surface area contributed by atoms with E-state index in [0.717, 1.165) is 5.69 Å². The van der Waals surface area contributed by atoms with Gasteiger partial charge in [-0.1, -0.05) is 60.7 Å². The molecule has 2 amide bonds. The summed E-state index contributed by atoms with van der Waals surface area (Å²) in [5, 5.41) is 5.89. The second kappa shape index (κ2) is 8.34. The second-order valence-electron chi connectivity index (χ2n) is 6.27. The minimum atomic E-state index is -0.225. The van der Waals surface area contributed by atoms with Crippen LogP contribution in [0.25, 0.3) is 0 Å². The topological polar surface area (TPSA) is 67.2 Å². The number of rotatable bonds is 6. The summed E-state index contributed by atoms with van der Waals surface area (Å²) in [7, 11) is 0. The van der Waals surface area contributed by atoms with Gasteiger partial charge in [0.1, 0.15) is 11.5 Å². The number of carbonyl (C=O) groups is 1. The van der Waals surface area contributed by atoms with E-state index in [9.17, 15) is 4.79 Å². The molecule has 1 heterocycles. The fourth-order valence-electron chi connectivity index (χ4n) is 3.09. The molecule has 5 nitrogen and oxygen atoms in total. The molecule has 5 heteroatoms. The first kappa shape index (κ1) is 17.7. The standard InChI is InChI=1S/C21H23N3O2/c1-15(24-21(25)22-13-19-16(2)26-14-23-19)20(17-9-5-3-6-10-17)18-11-7-4-8-12-18/h3-12,14-15,20H,13H2,1-2H3,(H2,22,24,25)/t15-/m0/s1. The molecule has 0 saturated heterocycles. The van der Waals surface area contributed by atoms with Gasteiger partial charge < -0.3 is 15.1 Å². The van der Waals surface area contributed by atoms with Crippen LogP contribution >= 0.6 is 0 Å². The van der Waals surface area contributed by atoms with Crippen molar-refractivity contribution in [2.24, 2.45) is 0 Å². The predicted molar refractivity (Wildman–Crippen MR) is 101 cm³/mol. The molecule has 0 bridgehead atoms. The normalized spacial score (nSPS) is 12.0. The van der Waals surface area contributed by atoms with Crippen LogP contribution < -0.4 is 10.6 Å². The van der Waals surface area contributed by atoms with Gasteiger partial charge in [-0.2, -0.15) is 0 Å². The minimum Gasteiger partial charge on any atom is -0.448 e. The third-order valence-corrected chi connectivity index (χ3v) is 4.44. The highest BCUT2D eigenvalue weighted by Gasteiger charge is 2.22. The first-order valence-electron chi connectivity index (χ1n) is 8.68. The molecule has 3 aromatic rings. The van der Waals surface area contributed by atoms with Gasteiger partial charge in [-0.15, -0.1) is 0 Å². The molecule has 0 aliphatic carbocycles. The van der Waals surface area contributed by atoms with Crippen molar-refractivity contribution in [1.29, 1.82) is 0 Å². The summed E-state index contributed by atoms with van der Waals surface area (Å²) in [5.41, 5.74) is 3.06. The van der Waals surface area contributed by atoms with Crippen LogP contribution in [-0.4, -0.2) is 17.1 Å². The van der Waals surface area contributed by atoms with E-state index in [-0.39, 0.29) is 18.0 Å². The maximum Gasteiger partial charge on any atom is 0.315 e. The number of nitrogens with one attached hydrogen (secondary N) is 2. The smallest absolute Gasteiger partial charge is 0.315 e. The number of urea groups is 1. The Morgan fingerprint density at radius 2 is 1.62 bits per heavy atom. The number of hydrogen-bond donors (Lipinski definition) is 2. The Morgan fingerprint density at radius 1 is 1.04 bits per heavy atom. The van der Waals surface area contributed by atoms with Crippen molar-refractivity contribution in [3.8, 4) is 0 Å². The van der Waals surface area contributed by atoms with Crippen LogP contribution in [-0.2, 0) is 6.54 Å². The Kier molecular flexibility index (Phi) is 5.69. The molecule has 26 heavy (non-hydrogen) atoms. The molecule has 3 rings (SSSR count). The highest BCUT2D eigenvalue weighted by molar-refractivity contribution is 5.74. The Balaban J connectivity index is 1.70. The van der Waals surface area contributed by atoms with E-state index in [1.165, 1.54) is 17.5 Å². The number of aryl methyl sites for hydroxylation is 1. The molecule has 2 N–H and O–H groups in total. The molecule has 134 valence electrons. The first-order chi connectivity index (χ1) is 12.6. The number of carbonyl (C=O) groups excluding carboxylic acids is 1. The van der Waals surface area contributed by atoms with Crippen LogP contribution in [0.3, 0.4) is 0 Å². The van der Waals surface area contributed by atoms with Gasteiger partial charge in [0.15, 0.2) is 6.39 Å². The number of hydrogen-bond acceptors (Lipinski definition) is 3. The summed E-state index contributed by atoms with van der Waals surface area (Å²) in [6.45, 7) is 4.18. The van der Waals surface area contributed by atoms with Gasteiger partial charge in [-0.05, 0) is 25.0 Å². The number of nitrogens with zero attached hydrogens (tertiary/aromatic N) is 1. The van der Waals surface area contributed by atoms with Crippen molar-refractivity contribution in [3.63, 3.8) is 0 Å². The van der Waals surface area contributed by atoms with Crippen molar-refractivity contribution < 1.29 is 9.21 Å². The lowest BCUT2D eigenvalue weighted by Crippen LogP contribution is -2.43. The zero-order chi connectivity index (χ0) is 18.4. The van der Waals surface area contributed by atoms with Gasteiger partial charge in [-0.3, -0.25) is 0 Å². The molecule has 0 aliphatic rings. The van der Waals surface area contributed by atoms with E-state index in [1.54, 1.807) is 0 Å². The number of benzene rings is 2.